The van der Waals surface area contributed by atoms with Crippen LogP contribution in [0.2, 0.25) is 0 Å². The van der Waals surface area contributed by atoms with Crippen LogP contribution >= 0.6 is 0 Å². The molecule has 0 bridgehead atoms. The lowest BCUT2D eigenvalue weighted by Crippen LogP contribution is -2.28. The van der Waals surface area contributed by atoms with Crippen LogP contribution in [-0.4, -0.2) is 47.0 Å². The molecule has 31 heavy (non-hydrogen) atoms. The monoisotopic (exact) mass is 442 g/mol. The smallest absolute Gasteiger partial charge is 0.301 e. The number of hydrogen-bond donors (Lipinski definition) is 4. The zero-order chi connectivity index (χ0) is 22.0. The van der Waals surface area contributed by atoms with E-state index in [1.165, 1.54) is 26.2 Å². The van der Waals surface area contributed by atoms with Crippen LogP contribution in [0.25, 0.3) is 10.9 Å². The van der Waals surface area contributed by atoms with E-state index < -0.39 is 10.2 Å². The van der Waals surface area contributed by atoms with Crippen molar-refractivity contribution in [2.45, 2.75) is 0 Å². The van der Waals surface area contributed by atoms with E-state index in [1.807, 2.05) is 0 Å². The minimum absolute atomic E-state index is 0.281. The normalized spacial score (nSPS) is 11.6. The summed E-state index contributed by atoms with van der Waals surface area (Å²) >= 11 is 0. The van der Waals surface area contributed by atoms with Crippen molar-refractivity contribution in [2.75, 3.05) is 29.5 Å². The molecule has 0 saturated carbocycles. The molecule has 160 valence electrons. The van der Waals surface area contributed by atoms with E-state index >= 15 is 0 Å². The Bertz CT molecular complexity index is 1340. The first-order valence-corrected chi connectivity index (χ1v) is 10.6. The summed E-state index contributed by atoms with van der Waals surface area (Å²) in [7, 11) is -0.744. The van der Waals surface area contributed by atoms with E-state index in [2.05, 4.69) is 35.5 Å². The molecule has 4 aromatic rings. The van der Waals surface area contributed by atoms with Gasteiger partial charge in [0.15, 0.2) is 5.82 Å². The van der Waals surface area contributed by atoms with Crippen LogP contribution in [-0.2, 0) is 10.2 Å². The molecule has 2 aromatic heterocycles. The molecule has 0 saturated heterocycles. The first-order chi connectivity index (χ1) is 14.8. The molecule has 2 heterocycles. The summed E-state index contributed by atoms with van der Waals surface area (Å²) in [4.78, 5) is 8.55. The molecule has 2 aromatic carbocycles. The SMILES string of the molecule is CN(C)S(=O)(=O)Nc1cccc(Nc2nccc(Nc3n[nH]c4ccc(F)cc34)n2)c1. The lowest BCUT2D eigenvalue weighted by atomic mass is 10.2. The third kappa shape index (κ3) is 4.70. The lowest BCUT2D eigenvalue weighted by Gasteiger charge is -2.14. The van der Waals surface area contributed by atoms with Gasteiger partial charge in [-0.2, -0.15) is 22.8 Å². The summed E-state index contributed by atoms with van der Waals surface area (Å²) in [6, 6.07) is 12.7. The van der Waals surface area contributed by atoms with Gasteiger partial charge in [0.2, 0.25) is 5.95 Å². The Morgan fingerprint density at radius 2 is 1.84 bits per heavy atom. The Labute approximate surface area is 177 Å². The van der Waals surface area contributed by atoms with Gasteiger partial charge < -0.3 is 10.6 Å². The van der Waals surface area contributed by atoms with Gasteiger partial charge in [-0.05, 0) is 42.5 Å². The highest BCUT2D eigenvalue weighted by molar-refractivity contribution is 7.90. The van der Waals surface area contributed by atoms with Crippen molar-refractivity contribution < 1.29 is 12.8 Å². The van der Waals surface area contributed by atoms with Gasteiger partial charge in [-0.25, -0.2) is 9.37 Å². The van der Waals surface area contributed by atoms with Crippen molar-refractivity contribution in [1.29, 1.82) is 0 Å². The minimum atomic E-state index is -3.62. The topological polar surface area (TPSA) is 128 Å². The first-order valence-electron chi connectivity index (χ1n) is 9.11. The second kappa shape index (κ2) is 8.16. The summed E-state index contributed by atoms with van der Waals surface area (Å²) in [6.45, 7) is 0. The highest BCUT2D eigenvalue weighted by Gasteiger charge is 2.13. The quantitative estimate of drug-likeness (QED) is 0.346. The predicted octanol–water partition coefficient (Wildman–Crippen LogP) is 3.20. The Morgan fingerprint density at radius 3 is 2.65 bits per heavy atom. The number of aromatic nitrogens is 4. The largest absolute Gasteiger partial charge is 0.324 e. The second-order valence-corrected chi connectivity index (χ2v) is 8.63. The fourth-order valence-electron chi connectivity index (χ4n) is 2.72. The number of hydrogen-bond acceptors (Lipinski definition) is 7. The molecule has 0 radical (unpaired) electrons. The van der Waals surface area contributed by atoms with E-state index in [1.54, 1.807) is 42.6 Å². The highest BCUT2D eigenvalue weighted by atomic mass is 32.2. The number of rotatable bonds is 7. The average Bonchev–Trinajstić information content (AvgIpc) is 3.10. The lowest BCUT2D eigenvalue weighted by molar-refractivity contribution is 0.527. The molecule has 4 rings (SSSR count). The fourth-order valence-corrected chi connectivity index (χ4v) is 3.33. The summed E-state index contributed by atoms with van der Waals surface area (Å²) in [5, 5.41) is 13.6. The van der Waals surface area contributed by atoms with Crippen molar-refractivity contribution in [3.8, 4) is 0 Å². The van der Waals surface area contributed by atoms with Crippen LogP contribution < -0.4 is 15.4 Å². The van der Waals surface area contributed by atoms with Gasteiger partial charge in [0.25, 0.3) is 0 Å². The number of H-pyrrole nitrogens is 1. The molecule has 0 aliphatic carbocycles. The molecular weight excluding hydrogens is 423 g/mol. The van der Waals surface area contributed by atoms with Gasteiger partial charge in [-0.1, -0.05) is 6.07 Å². The highest BCUT2D eigenvalue weighted by Crippen LogP contribution is 2.25. The second-order valence-electron chi connectivity index (χ2n) is 6.75. The molecule has 0 unspecified atom stereocenters. The standard InChI is InChI=1S/C19H19FN8O2S/c1-28(2)31(29,30)27-14-5-3-4-13(11-14)22-19-21-9-8-17(24-19)23-18-15-10-12(20)6-7-16(15)25-26-18/h3-11,27H,1-2H3,(H3,21,22,23,24,25,26). The number of benzene rings is 2. The molecule has 4 N–H and O–H groups in total. The van der Waals surface area contributed by atoms with Crippen molar-refractivity contribution in [3.05, 3.63) is 60.5 Å². The van der Waals surface area contributed by atoms with E-state index in [0.717, 1.165) is 4.31 Å². The molecule has 12 heteroatoms. The van der Waals surface area contributed by atoms with E-state index in [9.17, 15) is 12.8 Å². The number of nitrogens with one attached hydrogen (secondary N) is 4. The van der Waals surface area contributed by atoms with Crippen LogP contribution in [0.1, 0.15) is 0 Å². The summed E-state index contributed by atoms with van der Waals surface area (Å²) in [5.41, 5.74) is 1.66. The third-order valence-corrected chi connectivity index (χ3v) is 5.73. The number of anilines is 5. The summed E-state index contributed by atoms with van der Waals surface area (Å²) in [6.07, 6.45) is 1.55. The number of nitrogens with zero attached hydrogens (tertiary/aromatic N) is 4. The van der Waals surface area contributed by atoms with Gasteiger partial charge in [0, 0.05) is 31.4 Å². The minimum Gasteiger partial charge on any atom is -0.324 e. The van der Waals surface area contributed by atoms with Crippen LogP contribution in [0.5, 0.6) is 0 Å². The Morgan fingerprint density at radius 1 is 1.03 bits per heavy atom. The van der Waals surface area contributed by atoms with Crippen LogP contribution in [0, 0.1) is 5.82 Å². The van der Waals surface area contributed by atoms with Gasteiger partial charge in [-0.15, -0.1) is 0 Å². The van der Waals surface area contributed by atoms with Crippen molar-refractivity contribution in [1.82, 2.24) is 24.5 Å². The average molecular weight is 442 g/mol. The number of aromatic amines is 1. The molecule has 0 fully saturated rings. The molecule has 0 aliphatic rings. The van der Waals surface area contributed by atoms with Gasteiger partial charge in [0.05, 0.1) is 11.2 Å². The predicted molar refractivity (Wildman–Crippen MR) is 117 cm³/mol. The van der Waals surface area contributed by atoms with E-state index in [4.69, 9.17) is 0 Å². The number of fused-ring (bicyclic) bond motifs is 1. The summed E-state index contributed by atoms with van der Waals surface area (Å²) < 4.78 is 41.1. The molecule has 0 atom stereocenters. The van der Waals surface area contributed by atoms with Crippen LogP contribution in [0.3, 0.4) is 0 Å². The van der Waals surface area contributed by atoms with Gasteiger partial charge >= 0.3 is 10.2 Å². The fraction of sp³-hybridized carbons (Fsp3) is 0.105. The maximum Gasteiger partial charge on any atom is 0.301 e. The zero-order valence-electron chi connectivity index (χ0n) is 16.6. The molecule has 0 spiro atoms. The molecule has 0 amide bonds. The molecule has 10 nitrogen and oxygen atoms in total. The van der Waals surface area contributed by atoms with Gasteiger partial charge in [0.1, 0.15) is 11.6 Å². The first kappa shape index (κ1) is 20.5. The van der Waals surface area contributed by atoms with Crippen molar-refractivity contribution in [3.63, 3.8) is 0 Å². The summed E-state index contributed by atoms with van der Waals surface area (Å²) in [5.74, 6) is 0.786. The van der Waals surface area contributed by atoms with Crippen molar-refractivity contribution in [2.24, 2.45) is 0 Å². The van der Waals surface area contributed by atoms with Crippen LogP contribution in [0.15, 0.2) is 54.7 Å². The van der Waals surface area contributed by atoms with E-state index in [0.29, 0.717) is 33.9 Å². The number of halogens is 1. The van der Waals surface area contributed by atoms with E-state index in [-0.39, 0.29) is 11.8 Å². The molecular formula is C19H19FN8O2S. The zero-order valence-corrected chi connectivity index (χ0v) is 17.4. The Kier molecular flexibility index (Phi) is 5.40. The van der Waals surface area contributed by atoms with Gasteiger partial charge in [-0.3, -0.25) is 9.82 Å². The Hall–Kier alpha value is -3.77. The maximum atomic E-state index is 13.6. The maximum absolute atomic E-state index is 13.6. The van der Waals surface area contributed by atoms with Crippen LogP contribution in [0.4, 0.5) is 33.3 Å². The third-order valence-electron chi connectivity index (χ3n) is 4.27. The van der Waals surface area contributed by atoms with Crippen molar-refractivity contribution >= 4 is 50.1 Å². The Balaban J connectivity index is 1.53. The molecule has 0 aliphatic heterocycles.